The molecule has 0 spiro atoms. The molecular weight excluding hydrogens is 334 g/mol. The van der Waals surface area contributed by atoms with Gasteiger partial charge in [0.1, 0.15) is 5.75 Å². The van der Waals surface area contributed by atoms with E-state index in [1.54, 1.807) is 19.2 Å². The lowest BCUT2D eigenvalue weighted by Gasteiger charge is -2.57. The third kappa shape index (κ3) is 3.03. The van der Waals surface area contributed by atoms with E-state index in [1.807, 2.05) is 12.1 Å². The lowest BCUT2D eigenvalue weighted by Crippen LogP contribution is -2.48. The highest BCUT2D eigenvalue weighted by atomic mass is 16.5. The topological polar surface area (TPSA) is 38.3 Å². The molecule has 4 saturated carbocycles. The number of amides is 1. The van der Waals surface area contributed by atoms with Gasteiger partial charge in [0.2, 0.25) is 0 Å². The third-order valence-electron chi connectivity index (χ3n) is 7.15. The second kappa shape index (κ2) is 6.40. The Balaban J connectivity index is 1.31. The van der Waals surface area contributed by atoms with Crippen molar-refractivity contribution in [3.63, 3.8) is 0 Å². The van der Waals surface area contributed by atoms with Crippen LogP contribution < -0.4 is 10.1 Å². The first-order valence-corrected chi connectivity index (χ1v) is 10.2. The highest BCUT2D eigenvalue weighted by Crippen LogP contribution is 2.60. The Morgan fingerprint density at radius 2 is 1.44 bits per heavy atom. The molecule has 140 valence electrons. The minimum Gasteiger partial charge on any atom is -0.497 e. The number of nitrogens with one attached hydrogen (secondary N) is 1. The van der Waals surface area contributed by atoms with E-state index in [9.17, 15) is 4.79 Å². The Labute approximate surface area is 161 Å². The Morgan fingerprint density at radius 1 is 0.889 bits per heavy atom. The van der Waals surface area contributed by atoms with E-state index >= 15 is 0 Å². The molecule has 0 atom stereocenters. The summed E-state index contributed by atoms with van der Waals surface area (Å²) in [5.41, 5.74) is 3.40. The van der Waals surface area contributed by atoms with Gasteiger partial charge in [-0.2, -0.15) is 0 Å². The molecule has 2 aromatic carbocycles. The smallest absolute Gasteiger partial charge is 0.255 e. The molecule has 0 radical (unpaired) electrons. The molecule has 6 rings (SSSR count). The minimum absolute atomic E-state index is 0.0831. The first-order chi connectivity index (χ1) is 13.1. The van der Waals surface area contributed by atoms with Crippen molar-refractivity contribution in [2.24, 2.45) is 17.8 Å². The number of benzene rings is 2. The highest BCUT2D eigenvalue weighted by molar-refractivity contribution is 6.04. The van der Waals surface area contributed by atoms with Crippen molar-refractivity contribution in [1.82, 2.24) is 0 Å². The molecule has 0 saturated heterocycles. The average molecular weight is 361 g/mol. The van der Waals surface area contributed by atoms with Gasteiger partial charge < -0.3 is 10.1 Å². The van der Waals surface area contributed by atoms with Crippen molar-refractivity contribution in [2.75, 3.05) is 12.4 Å². The van der Waals surface area contributed by atoms with Crippen molar-refractivity contribution < 1.29 is 9.53 Å². The first-order valence-electron chi connectivity index (χ1n) is 10.2. The van der Waals surface area contributed by atoms with E-state index in [4.69, 9.17) is 4.74 Å². The molecule has 0 unspecified atom stereocenters. The summed E-state index contributed by atoms with van der Waals surface area (Å²) >= 11 is 0. The maximum absolute atomic E-state index is 12.5. The standard InChI is InChI=1S/C24H27NO2/c1-27-22-8-2-19(3-9-22)23(26)25-21-6-4-20(5-7-21)24-13-16-10-17(14-24)12-18(11-16)15-24/h2-9,16-18H,10-15H2,1H3,(H,25,26). The Bertz CT molecular complexity index is 802. The van der Waals surface area contributed by atoms with Crippen LogP contribution in [0.15, 0.2) is 48.5 Å². The van der Waals surface area contributed by atoms with E-state index < -0.39 is 0 Å². The van der Waals surface area contributed by atoms with Crippen molar-refractivity contribution in [3.8, 4) is 5.75 Å². The average Bonchev–Trinajstić information content (AvgIpc) is 2.67. The molecule has 0 heterocycles. The number of anilines is 1. The Kier molecular flexibility index (Phi) is 3.99. The summed E-state index contributed by atoms with van der Waals surface area (Å²) in [4.78, 5) is 12.5. The second-order valence-electron chi connectivity index (χ2n) is 8.96. The second-order valence-corrected chi connectivity index (χ2v) is 8.96. The third-order valence-corrected chi connectivity index (χ3v) is 7.15. The molecule has 0 aliphatic heterocycles. The van der Waals surface area contributed by atoms with E-state index in [1.165, 1.54) is 44.1 Å². The summed E-state index contributed by atoms with van der Waals surface area (Å²) in [6.45, 7) is 0. The summed E-state index contributed by atoms with van der Waals surface area (Å²) in [6.07, 6.45) is 8.52. The van der Waals surface area contributed by atoms with Crippen molar-refractivity contribution >= 4 is 11.6 Å². The maximum atomic E-state index is 12.5. The molecule has 0 aromatic heterocycles. The molecule has 1 amide bonds. The molecule has 3 heteroatoms. The lowest BCUT2D eigenvalue weighted by molar-refractivity contribution is -0.00518. The summed E-state index contributed by atoms with van der Waals surface area (Å²) < 4.78 is 5.15. The molecule has 4 bridgehead atoms. The fraction of sp³-hybridized carbons (Fsp3) is 0.458. The summed E-state index contributed by atoms with van der Waals surface area (Å²) in [6, 6.07) is 15.9. The fourth-order valence-electron chi connectivity index (χ4n) is 6.32. The SMILES string of the molecule is COc1ccc(C(=O)Nc2ccc(C34CC5CC(CC(C5)C3)C4)cc2)cc1. The van der Waals surface area contributed by atoms with Gasteiger partial charge in [0, 0.05) is 11.3 Å². The molecule has 4 aliphatic rings. The quantitative estimate of drug-likeness (QED) is 0.790. The van der Waals surface area contributed by atoms with E-state index in [-0.39, 0.29) is 5.91 Å². The lowest BCUT2D eigenvalue weighted by atomic mass is 9.48. The van der Waals surface area contributed by atoms with Crippen LogP contribution in [-0.4, -0.2) is 13.0 Å². The molecule has 2 aromatic rings. The number of rotatable bonds is 4. The maximum Gasteiger partial charge on any atom is 0.255 e. The molecule has 3 nitrogen and oxygen atoms in total. The van der Waals surface area contributed by atoms with Gasteiger partial charge in [0.15, 0.2) is 0 Å². The molecule has 4 fully saturated rings. The predicted molar refractivity (Wildman–Crippen MR) is 107 cm³/mol. The highest BCUT2D eigenvalue weighted by Gasteiger charge is 2.51. The van der Waals surface area contributed by atoms with Crippen molar-refractivity contribution in [3.05, 3.63) is 59.7 Å². The van der Waals surface area contributed by atoms with Gasteiger partial charge >= 0.3 is 0 Å². The predicted octanol–water partition coefficient (Wildman–Crippen LogP) is 5.42. The van der Waals surface area contributed by atoms with Crippen LogP contribution in [0, 0.1) is 17.8 Å². The zero-order valence-electron chi connectivity index (χ0n) is 15.9. The zero-order chi connectivity index (χ0) is 18.4. The fourth-order valence-corrected chi connectivity index (χ4v) is 6.32. The largest absolute Gasteiger partial charge is 0.497 e. The Morgan fingerprint density at radius 3 is 1.96 bits per heavy atom. The van der Waals surface area contributed by atoms with Crippen LogP contribution in [0.5, 0.6) is 5.75 Å². The number of hydrogen-bond donors (Lipinski definition) is 1. The molecular formula is C24H27NO2. The number of carbonyl (C=O) groups excluding carboxylic acids is 1. The van der Waals surface area contributed by atoms with Crippen LogP contribution in [0.1, 0.15) is 54.4 Å². The minimum atomic E-state index is -0.0831. The van der Waals surface area contributed by atoms with Crippen LogP contribution in [0.4, 0.5) is 5.69 Å². The van der Waals surface area contributed by atoms with Crippen LogP contribution in [0.3, 0.4) is 0 Å². The van der Waals surface area contributed by atoms with Gasteiger partial charge in [-0.05, 0) is 104 Å². The Hall–Kier alpha value is -2.29. The van der Waals surface area contributed by atoms with Crippen molar-refractivity contribution in [1.29, 1.82) is 0 Å². The number of ether oxygens (including phenoxy) is 1. The van der Waals surface area contributed by atoms with Crippen LogP contribution >= 0.6 is 0 Å². The van der Waals surface area contributed by atoms with Gasteiger partial charge in [0.25, 0.3) is 5.91 Å². The number of methoxy groups -OCH3 is 1. The monoisotopic (exact) mass is 361 g/mol. The number of carbonyl (C=O) groups is 1. The molecule has 27 heavy (non-hydrogen) atoms. The summed E-state index contributed by atoms with van der Waals surface area (Å²) in [7, 11) is 1.63. The van der Waals surface area contributed by atoms with Crippen LogP contribution in [0.25, 0.3) is 0 Å². The molecule has 4 aliphatic carbocycles. The summed E-state index contributed by atoms with van der Waals surface area (Å²) in [5.74, 6) is 3.52. The van der Waals surface area contributed by atoms with E-state index in [0.717, 1.165) is 29.2 Å². The van der Waals surface area contributed by atoms with E-state index in [0.29, 0.717) is 11.0 Å². The van der Waals surface area contributed by atoms with Crippen LogP contribution in [0.2, 0.25) is 0 Å². The molecule has 1 N–H and O–H groups in total. The van der Waals surface area contributed by atoms with Crippen LogP contribution in [-0.2, 0) is 5.41 Å². The van der Waals surface area contributed by atoms with Gasteiger partial charge in [-0.25, -0.2) is 0 Å². The normalized spacial score (nSPS) is 30.9. The van der Waals surface area contributed by atoms with Crippen molar-refractivity contribution in [2.45, 2.75) is 43.9 Å². The summed E-state index contributed by atoms with van der Waals surface area (Å²) in [5, 5.41) is 3.02. The van der Waals surface area contributed by atoms with Gasteiger partial charge in [0.05, 0.1) is 7.11 Å². The van der Waals surface area contributed by atoms with Gasteiger partial charge in [-0.3, -0.25) is 4.79 Å². The first kappa shape index (κ1) is 16.9. The van der Waals surface area contributed by atoms with Gasteiger partial charge in [-0.15, -0.1) is 0 Å². The van der Waals surface area contributed by atoms with Gasteiger partial charge in [-0.1, -0.05) is 12.1 Å². The number of hydrogen-bond acceptors (Lipinski definition) is 2. The van der Waals surface area contributed by atoms with E-state index in [2.05, 4.69) is 29.6 Å². The zero-order valence-corrected chi connectivity index (χ0v) is 15.9.